The molecule has 0 saturated carbocycles. The monoisotopic (exact) mass is 162 g/mol. The predicted octanol–water partition coefficient (Wildman–Crippen LogP) is -0.117. The summed E-state index contributed by atoms with van der Waals surface area (Å²) in [4.78, 5) is 10.8. The van der Waals surface area contributed by atoms with Gasteiger partial charge in [-0.05, 0) is 0 Å². The number of hydrogen-bond acceptors (Lipinski definition) is 4. The maximum absolute atomic E-state index is 10.8. The van der Waals surface area contributed by atoms with Crippen LogP contribution in [0.1, 0.15) is 0 Å². The Morgan fingerprint density at radius 1 is 1.70 bits per heavy atom. The Hall–Kier alpha value is -0.220. The Balaban J connectivity index is 2.46. The zero-order chi connectivity index (χ0) is 7.56. The van der Waals surface area contributed by atoms with E-state index in [2.05, 4.69) is 4.74 Å². The topological polar surface area (TPSA) is 46.5 Å². The second kappa shape index (κ2) is 3.25. The lowest BCUT2D eigenvalue weighted by atomic mass is 10.1. The number of esters is 1. The minimum atomic E-state index is -0.502. The smallest absolute Gasteiger partial charge is 0.312 e. The van der Waals surface area contributed by atoms with Gasteiger partial charge in [0.25, 0.3) is 0 Å². The van der Waals surface area contributed by atoms with Gasteiger partial charge in [0.1, 0.15) is 0 Å². The molecule has 0 aliphatic carbocycles. The van der Waals surface area contributed by atoms with Gasteiger partial charge in [-0.3, -0.25) is 4.79 Å². The largest absolute Gasteiger partial charge is 0.469 e. The third-order valence-electron chi connectivity index (χ3n) is 1.55. The lowest BCUT2D eigenvalue weighted by Gasteiger charge is -2.09. The van der Waals surface area contributed by atoms with Gasteiger partial charge in [0.2, 0.25) is 0 Å². The first-order valence-electron chi connectivity index (χ1n) is 3.09. The Morgan fingerprint density at radius 3 is 2.80 bits per heavy atom. The molecule has 1 fully saturated rings. The SMILES string of the molecule is COC(=O)[C@H]1CSC[C@@H]1O. The molecule has 1 aliphatic rings. The van der Waals surface area contributed by atoms with Crippen LogP contribution in [0.3, 0.4) is 0 Å². The van der Waals surface area contributed by atoms with Crippen molar-refractivity contribution in [2.45, 2.75) is 6.10 Å². The van der Waals surface area contributed by atoms with E-state index in [0.29, 0.717) is 11.5 Å². The van der Waals surface area contributed by atoms with E-state index in [1.54, 1.807) is 11.8 Å². The lowest BCUT2D eigenvalue weighted by Crippen LogP contribution is -2.27. The minimum absolute atomic E-state index is 0.294. The van der Waals surface area contributed by atoms with Crippen LogP contribution in [0.5, 0.6) is 0 Å². The molecule has 0 bridgehead atoms. The maximum atomic E-state index is 10.8. The number of carbonyl (C=O) groups excluding carboxylic acids is 1. The summed E-state index contributed by atoms with van der Waals surface area (Å²) in [7, 11) is 1.35. The summed E-state index contributed by atoms with van der Waals surface area (Å²) in [5.74, 6) is 0.751. The summed E-state index contributed by atoms with van der Waals surface area (Å²) in [6.45, 7) is 0. The zero-order valence-electron chi connectivity index (χ0n) is 5.74. The fraction of sp³-hybridized carbons (Fsp3) is 0.833. The third kappa shape index (κ3) is 1.44. The number of thioether (sulfide) groups is 1. The zero-order valence-corrected chi connectivity index (χ0v) is 6.56. The van der Waals surface area contributed by atoms with Gasteiger partial charge in [-0.2, -0.15) is 11.8 Å². The first kappa shape index (κ1) is 7.88. The van der Waals surface area contributed by atoms with Gasteiger partial charge >= 0.3 is 5.97 Å². The molecule has 0 amide bonds. The van der Waals surface area contributed by atoms with Crippen LogP contribution in [-0.4, -0.2) is 35.8 Å². The van der Waals surface area contributed by atoms with Gasteiger partial charge in [0.15, 0.2) is 0 Å². The molecule has 2 atom stereocenters. The molecule has 0 aromatic heterocycles. The minimum Gasteiger partial charge on any atom is -0.469 e. The molecule has 1 N–H and O–H groups in total. The normalized spacial score (nSPS) is 32.2. The van der Waals surface area contributed by atoms with Gasteiger partial charge in [-0.15, -0.1) is 0 Å². The molecule has 1 heterocycles. The number of aliphatic hydroxyl groups is 1. The Labute approximate surface area is 63.8 Å². The summed E-state index contributed by atoms with van der Waals surface area (Å²) in [5.41, 5.74) is 0. The highest BCUT2D eigenvalue weighted by molar-refractivity contribution is 7.99. The predicted molar refractivity (Wildman–Crippen MR) is 38.8 cm³/mol. The molecule has 3 nitrogen and oxygen atoms in total. The molecule has 1 rings (SSSR count). The molecular formula is C6H10O3S. The van der Waals surface area contributed by atoms with E-state index in [4.69, 9.17) is 5.11 Å². The molecule has 1 aliphatic heterocycles. The summed E-state index contributed by atoms with van der Waals surface area (Å²) in [6.07, 6.45) is -0.502. The van der Waals surface area contributed by atoms with Crippen molar-refractivity contribution in [3.8, 4) is 0 Å². The van der Waals surface area contributed by atoms with E-state index >= 15 is 0 Å². The molecule has 1 saturated heterocycles. The average Bonchev–Trinajstić information content (AvgIpc) is 2.34. The van der Waals surface area contributed by atoms with Gasteiger partial charge < -0.3 is 9.84 Å². The molecule has 0 radical (unpaired) electrons. The van der Waals surface area contributed by atoms with E-state index in [-0.39, 0.29) is 11.9 Å². The van der Waals surface area contributed by atoms with Crippen molar-refractivity contribution in [3.05, 3.63) is 0 Å². The van der Waals surface area contributed by atoms with Crippen LogP contribution in [0.4, 0.5) is 0 Å². The second-order valence-corrected chi connectivity index (χ2v) is 3.31. The van der Waals surface area contributed by atoms with Crippen molar-refractivity contribution < 1.29 is 14.6 Å². The first-order valence-corrected chi connectivity index (χ1v) is 4.25. The summed E-state index contributed by atoms with van der Waals surface area (Å²) in [5, 5.41) is 9.17. The first-order chi connectivity index (χ1) is 4.75. The molecule has 58 valence electrons. The maximum Gasteiger partial charge on any atom is 0.312 e. The second-order valence-electron chi connectivity index (χ2n) is 2.23. The summed E-state index contributed by atoms with van der Waals surface area (Å²) < 4.78 is 4.49. The van der Waals surface area contributed by atoms with E-state index in [1.807, 2.05) is 0 Å². The van der Waals surface area contributed by atoms with Crippen molar-refractivity contribution in [1.82, 2.24) is 0 Å². The van der Waals surface area contributed by atoms with Crippen LogP contribution in [0.25, 0.3) is 0 Å². The molecule has 0 unspecified atom stereocenters. The number of methoxy groups -OCH3 is 1. The number of rotatable bonds is 1. The van der Waals surface area contributed by atoms with Crippen molar-refractivity contribution >= 4 is 17.7 Å². The standard InChI is InChI=1S/C6H10O3S/c1-9-6(8)4-2-10-3-5(4)7/h4-5,7H,2-3H2,1H3/t4-,5-/m0/s1. The summed E-state index contributed by atoms with van der Waals surface area (Å²) in [6, 6.07) is 0. The van der Waals surface area contributed by atoms with Gasteiger partial charge in [0, 0.05) is 11.5 Å². The highest BCUT2D eigenvalue weighted by Gasteiger charge is 2.32. The Bertz CT molecular complexity index is 137. The molecular weight excluding hydrogens is 152 g/mol. The molecule has 0 spiro atoms. The van der Waals surface area contributed by atoms with Crippen LogP contribution in [0.15, 0.2) is 0 Å². The van der Waals surface area contributed by atoms with E-state index < -0.39 is 6.10 Å². The number of hydrogen-bond donors (Lipinski definition) is 1. The lowest BCUT2D eigenvalue weighted by molar-refractivity contribution is -0.147. The van der Waals surface area contributed by atoms with E-state index in [9.17, 15) is 4.79 Å². The molecule has 0 aromatic rings. The van der Waals surface area contributed by atoms with Gasteiger partial charge in [0.05, 0.1) is 19.1 Å². The van der Waals surface area contributed by atoms with E-state index in [1.165, 1.54) is 7.11 Å². The Kier molecular flexibility index (Phi) is 2.56. The Morgan fingerprint density at radius 2 is 2.40 bits per heavy atom. The highest BCUT2D eigenvalue weighted by atomic mass is 32.2. The van der Waals surface area contributed by atoms with Gasteiger partial charge in [-0.25, -0.2) is 0 Å². The van der Waals surface area contributed by atoms with Gasteiger partial charge in [-0.1, -0.05) is 0 Å². The fourth-order valence-corrected chi connectivity index (χ4v) is 2.14. The van der Waals surface area contributed by atoms with Crippen LogP contribution >= 0.6 is 11.8 Å². The van der Waals surface area contributed by atoms with Crippen LogP contribution in [0, 0.1) is 5.92 Å². The number of aliphatic hydroxyl groups excluding tert-OH is 1. The molecule has 0 aromatic carbocycles. The fourth-order valence-electron chi connectivity index (χ4n) is 0.919. The highest BCUT2D eigenvalue weighted by Crippen LogP contribution is 2.24. The summed E-state index contributed by atoms with van der Waals surface area (Å²) >= 11 is 1.58. The third-order valence-corrected chi connectivity index (χ3v) is 2.73. The van der Waals surface area contributed by atoms with E-state index in [0.717, 1.165) is 0 Å². The van der Waals surface area contributed by atoms with Crippen molar-refractivity contribution in [2.75, 3.05) is 18.6 Å². The van der Waals surface area contributed by atoms with Crippen molar-refractivity contribution in [3.63, 3.8) is 0 Å². The van der Waals surface area contributed by atoms with Crippen molar-refractivity contribution in [2.24, 2.45) is 5.92 Å². The molecule has 10 heavy (non-hydrogen) atoms. The van der Waals surface area contributed by atoms with Crippen LogP contribution in [-0.2, 0) is 9.53 Å². The molecule has 4 heteroatoms. The average molecular weight is 162 g/mol. The van der Waals surface area contributed by atoms with Crippen LogP contribution < -0.4 is 0 Å². The van der Waals surface area contributed by atoms with Crippen molar-refractivity contribution in [1.29, 1.82) is 0 Å². The number of carbonyl (C=O) groups is 1. The quantitative estimate of drug-likeness (QED) is 0.546. The van der Waals surface area contributed by atoms with Crippen LogP contribution in [0.2, 0.25) is 0 Å². The number of ether oxygens (including phenoxy) is 1.